The minimum absolute atomic E-state index is 0.349. The molecule has 0 aliphatic carbocycles. The van der Waals surface area contributed by atoms with Crippen molar-refractivity contribution in [1.82, 2.24) is 5.16 Å². The Bertz CT molecular complexity index is 817. The second-order valence-electron chi connectivity index (χ2n) is 4.41. The number of hydrogen-bond donors (Lipinski definition) is 1. The highest BCUT2D eigenvalue weighted by Crippen LogP contribution is 2.39. The molecule has 3 aromatic rings. The van der Waals surface area contributed by atoms with Crippen LogP contribution in [0.25, 0.3) is 22.5 Å². The van der Waals surface area contributed by atoms with Gasteiger partial charge in [0.15, 0.2) is 11.6 Å². The first kappa shape index (κ1) is 14.6. The van der Waals surface area contributed by atoms with Crippen LogP contribution in [-0.2, 0) is 0 Å². The summed E-state index contributed by atoms with van der Waals surface area (Å²) in [6.07, 6.45) is 0. The number of rotatable bonds is 2. The topological polar surface area (TPSA) is 52.0 Å². The molecule has 0 fully saturated rings. The van der Waals surface area contributed by atoms with E-state index in [1.807, 2.05) is 42.5 Å². The van der Waals surface area contributed by atoms with Gasteiger partial charge in [0, 0.05) is 14.5 Å². The highest BCUT2D eigenvalue weighted by Gasteiger charge is 2.18. The van der Waals surface area contributed by atoms with Gasteiger partial charge in [-0.2, -0.15) is 0 Å². The Labute approximate surface area is 143 Å². The SMILES string of the molecule is Nc1noc(-c2ccc(Br)c(Cl)c2)c1-c1cccc(Br)c1. The number of aromatic nitrogens is 1. The van der Waals surface area contributed by atoms with Gasteiger partial charge in [-0.1, -0.05) is 44.8 Å². The number of nitrogen functional groups attached to an aromatic ring is 1. The van der Waals surface area contributed by atoms with Crippen molar-refractivity contribution >= 4 is 49.3 Å². The van der Waals surface area contributed by atoms with Gasteiger partial charge in [0.1, 0.15) is 0 Å². The molecule has 0 unspecified atom stereocenters. The third-order valence-electron chi connectivity index (χ3n) is 3.01. The van der Waals surface area contributed by atoms with E-state index < -0.39 is 0 Å². The molecule has 0 radical (unpaired) electrons. The maximum atomic E-state index is 6.15. The number of nitrogens with zero attached hydrogens (tertiary/aromatic N) is 1. The van der Waals surface area contributed by atoms with Crippen LogP contribution >= 0.6 is 43.5 Å². The molecule has 0 saturated carbocycles. The first-order chi connectivity index (χ1) is 10.1. The van der Waals surface area contributed by atoms with Gasteiger partial charge < -0.3 is 10.3 Å². The number of anilines is 1. The van der Waals surface area contributed by atoms with Crippen molar-refractivity contribution in [1.29, 1.82) is 0 Å². The molecular weight excluding hydrogens is 419 g/mol. The molecule has 6 heteroatoms. The fourth-order valence-electron chi connectivity index (χ4n) is 2.06. The summed E-state index contributed by atoms with van der Waals surface area (Å²) in [5.41, 5.74) is 8.47. The summed E-state index contributed by atoms with van der Waals surface area (Å²) in [6.45, 7) is 0. The van der Waals surface area contributed by atoms with Crippen molar-refractivity contribution < 1.29 is 4.52 Å². The minimum Gasteiger partial charge on any atom is -0.380 e. The molecular formula is C15H9Br2ClN2O. The van der Waals surface area contributed by atoms with Crippen LogP contribution in [0.2, 0.25) is 5.02 Å². The third-order valence-corrected chi connectivity index (χ3v) is 4.74. The summed E-state index contributed by atoms with van der Waals surface area (Å²) < 4.78 is 7.19. The number of hydrogen-bond acceptors (Lipinski definition) is 3. The van der Waals surface area contributed by atoms with E-state index in [1.54, 1.807) is 0 Å². The quantitative estimate of drug-likeness (QED) is 0.564. The molecule has 0 amide bonds. The van der Waals surface area contributed by atoms with Crippen LogP contribution in [0, 0.1) is 0 Å². The molecule has 0 atom stereocenters. The van der Waals surface area contributed by atoms with Crippen LogP contribution in [0.5, 0.6) is 0 Å². The van der Waals surface area contributed by atoms with Gasteiger partial charge in [-0.05, 0) is 51.8 Å². The molecule has 21 heavy (non-hydrogen) atoms. The van der Waals surface area contributed by atoms with E-state index in [9.17, 15) is 0 Å². The molecule has 1 aromatic heterocycles. The van der Waals surface area contributed by atoms with Crippen molar-refractivity contribution in [3.05, 3.63) is 56.4 Å². The smallest absolute Gasteiger partial charge is 0.176 e. The Morgan fingerprint density at radius 3 is 2.57 bits per heavy atom. The Hall–Kier alpha value is -1.30. The Kier molecular flexibility index (Phi) is 4.06. The highest BCUT2D eigenvalue weighted by molar-refractivity contribution is 9.10. The maximum Gasteiger partial charge on any atom is 0.176 e. The minimum atomic E-state index is 0.349. The Morgan fingerprint density at radius 1 is 1.05 bits per heavy atom. The van der Waals surface area contributed by atoms with Gasteiger partial charge in [-0.3, -0.25) is 0 Å². The zero-order valence-corrected chi connectivity index (χ0v) is 14.5. The molecule has 3 nitrogen and oxygen atoms in total. The monoisotopic (exact) mass is 426 g/mol. The van der Waals surface area contributed by atoms with E-state index in [0.29, 0.717) is 16.6 Å². The van der Waals surface area contributed by atoms with Crippen molar-refractivity contribution in [3.8, 4) is 22.5 Å². The summed E-state index contributed by atoms with van der Waals surface area (Å²) >= 11 is 13.0. The molecule has 0 aliphatic heterocycles. The van der Waals surface area contributed by atoms with Gasteiger partial charge in [-0.15, -0.1) is 0 Å². The van der Waals surface area contributed by atoms with Crippen molar-refractivity contribution in [2.45, 2.75) is 0 Å². The van der Waals surface area contributed by atoms with Crippen LogP contribution in [-0.4, -0.2) is 5.16 Å². The van der Waals surface area contributed by atoms with E-state index in [0.717, 1.165) is 25.6 Å². The molecule has 1 heterocycles. The lowest BCUT2D eigenvalue weighted by atomic mass is 10.0. The average Bonchev–Trinajstić information content (AvgIpc) is 2.84. The second-order valence-corrected chi connectivity index (χ2v) is 6.59. The molecule has 0 bridgehead atoms. The zero-order valence-electron chi connectivity index (χ0n) is 10.6. The standard InChI is InChI=1S/C15H9Br2ClN2O/c16-10-3-1-2-8(6-10)13-14(21-20-15(13)19)9-4-5-11(17)12(18)7-9/h1-7H,(H2,19,20). The van der Waals surface area contributed by atoms with Gasteiger partial charge in [-0.25, -0.2) is 0 Å². The van der Waals surface area contributed by atoms with Crippen molar-refractivity contribution in [2.24, 2.45) is 0 Å². The number of benzene rings is 2. The summed E-state index contributed by atoms with van der Waals surface area (Å²) in [4.78, 5) is 0. The van der Waals surface area contributed by atoms with Crippen LogP contribution in [0.1, 0.15) is 0 Å². The first-order valence-corrected chi connectivity index (χ1v) is 7.99. The molecule has 2 aromatic carbocycles. The van der Waals surface area contributed by atoms with Gasteiger partial charge in [0.2, 0.25) is 0 Å². The first-order valence-electron chi connectivity index (χ1n) is 6.03. The second kappa shape index (κ2) is 5.83. The van der Waals surface area contributed by atoms with Gasteiger partial charge >= 0.3 is 0 Å². The van der Waals surface area contributed by atoms with E-state index in [4.69, 9.17) is 21.9 Å². The van der Waals surface area contributed by atoms with Crippen LogP contribution < -0.4 is 5.73 Å². The van der Waals surface area contributed by atoms with Gasteiger partial charge in [0.25, 0.3) is 0 Å². The normalized spacial score (nSPS) is 10.8. The summed E-state index contributed by atoms with van der Waals surface area (Å²) in [5.74, 6) is 0.946. The fraction of sp³-hybridized carbons (Fsp3) is 0. The average molecular weight is 429 g/mol. The largest absolute Gasteiger partial charge is 0.380 e. The number of nitrogens with two attached hydrogens (primary N) is 1. The van der Waals surface area contributed by atoms with E-state index in [2.05, 4.69) is 37.0 Å². The molecule has 106 valence electrons. The van der Waals surface area contributed by atoms with Crippen LogP contribution in [0.15, 0.2) is 55.9 Å². The van der Waals surface area contributed by atoms with E-state index >= 15 is 0 Å². The Morgan fingerprint density at radius 2 is 1.86 bits per heavy atom. The highest BCUT2D eigenvalue weighted by atomic mass is 79.9. The lowest BCUT2D eigenvalue weighted by molar-refractivity contribution is 0.436. The maximum absolute atomic E-state index is 6.15. The molecule has 3 rings (SSSR count). The van der Waals surface area contributed by atoms with E-state index in [-0.39, 0.29) is 0 Å². The summed E-state index contributed by atoms with van der Waals surface area (Å²) in [6, 6.07) is 13.4. The van der Waals surface area contributed by atoms with Gasteiger partial charge in [0.05, 0.1) is 10.6 Å². The lowest BCUT2D eigenvalue weighted by Gasteiger charge is -2.05. The lowest BCUT2D eigenvalue weighted by Crippen LogP contribution is -1.89. The van der Waals surface area contributed by atoms with Crippen LogP contribution in [0.3, 0.4) is 0 Å². The molecule has 2 N–H and O–H groups in total. The van der Waals surface area contributed by atoms with Crippen molar-refractivity contribution in [2.75, 3.05) is 5.73 Å². The molecule has 0 spiro atoms. The summed E-state index contributed by atoms with van der Waals surface area (Å²) in [5, 5.41) is 4.48. The predicted molar refractivity (Wildman–Crippen MR) is 92.2 cm³/mol. The Balaban J connectivity index is 2.19. The molecule has 0 aliphatic rings. The van der Waals surface area contributed by atoms with E-state index in [1.165, 1.54) is 0 Å². The third kappa shape index (κ3) is 2.86. The number of halogens is 3. The predicted octanol–water partition coefficient (Wildman–Crippen LogP) is 5.77. The zero-order chi connectivity index (χ0) is 15.0. The van der Waals surface area contributed by atoms with Crippen molar-refractivity contribution in [3.63, 3.8) is 0 Å². The molecule has 0 saturated heterocycles. The van der Waals surface area contributed by atoms with Crippen LogP contribution in [0.4, 0.5) is 5.82 Å². The summed E-state index contributed by atoms with van der Waals surface area (Å²) in [7, 11) is 0. The fourth-order valence-corrected chi connectivity index (χ4v) is 2.89.